The highest BCUT2D eigenvalue weighted by Crippen LogP contribution is 2.38. The molecule has 1 unspecified atom stereocenters. The third-order valence-corrected chi connectivity index (χ3v) is 9.26. The molecule has 1 atom stereocenters. The van der Waals surface area contributed by atoms with Gasteiger partial charge in [-0.1, -0.05) is 59.6 Å². The molecule has 5 rings (SSSR count). The Kier molecular flexibility index (Phi) is 9.77. The van der Waals surface area contributed by atoms with Crippen LogP contribution in [-0.2, 0) is 29.3 Å². The Morgan fingerprint density at radius 3 is 2.00 bits per heavy atom. The van der Waals surface area contributed by atoms with Crippen LogP contribution in [0.5, 0.6) is 0 Å². The number of rotatable bonds is 6. The van der Waals surface area contributed by atoms with Crippen LogP contribution in [0.15, 0.2) is 66.7 Å². The van der Waals surface area contributed by atoms with Gasteiger partial charge in [-0.3, -0.25) is 14.6 Å². The van der Waals surface area contributed by atoms with E-state index in [1.54, 1.807) is 28.0 Å². The van der Waals surface area contributed by atoms with Gasteiger partial charge in [-0.05, 0) is 59.9 Å². The van der Waals surface area contributed by atoms with Gasteiger partial charge in [-0.2, -0.15) is 26.3 Å². The Morgan fingerprint density at radius 2 is 1.42 bits per heavy atom. The third kappa shape index (κ3) is 7.94. The van der Waals surface area contributed by atoms with Crippen LogP contribution in [0, 0.1) is 0 Å². The first-order valence-corrected chi connectivity index (χ1v) is 15.1. The van der Waals surface area contributed by atoms with Gasteiger partial charge in [0.15, 0.2) is 0 Å². The molecule has 2 saturated heterocycles. The van der Waals surface area contributed by atoms with Gasteiger partial charge in [0.1, 0.15) is 0 Å². The smallest absolute Gasteiger partial charge is 0.385 e. The van der Waals surface area contributed by atoms with E-state index in [0.29, 0.717) is 36.5 Å². The molecule has 2 aliphatic heterocycles. The average molecular weight is 675 g/mol. The number of carbonyl (C=O) groups is 1. The standard InChI is InChI=1S/C32H31Cl2F6N3O2/c33-26-7-6-22(16-27(26)34)28-19-42(18-21-14-24(31(35,36)37)17-25(15-21)32(38,39)40)12-13-43(28)29(44)20-41-10-8-30(45,9-11-41)23-4-2-1-3-5-23/h1-7,14-17,28,45H,8-13,18-20H2. The van der Waals surface area contributed by atoms with Crippen molar-refractivity contribution in [3.8, 4) is 0 Å². The van der Waals surface area contributed by atoms with Gasteiger partial charge in [0.05, 0.1) is 39.4 Å². The molecule has 2 aliphatic rings. The van der Waals surface area contributed by atoms with Crippen LogP contribution in [0.2, 0.25) is 10.0 Å². The van der Waals surface area contributed by atoms with Gasteiger partial charge < -0.3 is 10.0 Å². The molecule has 0 aliphatic carbocycles. The average Bonchev–Trinajstić information content (AvgIpc) is 2.99. The fourth-order valence-corrected chi connectivity index (χ4v) is 6.36. The van der Waals surface area contributed by atoms with Crippen molar-refractivity contribution in [2.24, 2.45) is 0 Å². The number of likely N-dealkylation sites (tertiary alicyclic amines) is 1. The lowest BCUT2D eigenvalue weighted by Crippen LogP contribution is -2.53. The fraction of sp³-hybridized carbons (Fsp3) is 0.406. The molecule has 1 amide bonds. The monoisotopic (exact) mass is 673 g/mol. The van der Waals surface area contributed by atoms with Gasteiger partial charge in [0.2, 0.25) is 5.91 Å². The highest BCUT2D eigenvalue weighted by atomic mass is 35.5. The molecule has 2 fully saturated rings. The van der Waals surface area contributed by atoms with Crippen molar-refractivity contribution < 1.29 is 36.2 Å². The number of aliphatic hydroxyl groups is 1. The van der Waals surface area contributed by atoms with Gasteiger partial charge in [-0.25, -0.2) is 0 Å². The Bertz CT molecular complexity index is 1480. The summed E-state index contributed by atoms with van der Waals surface area (Å²) in [6, 6.07) is 15.3. The first kappa shape index (κ1) is 33.5. The number of piperazine rings is 1. The van der Waals surface area contributed by atoms with Gasteiger partial charge in [-0.15, -0.1) is 0 Å². The van der Waals surface area contributed by atoms with Crippen LogP contribution in [0.3, 0.4) is 0 Å². The minimum atomic E-state index is -4.95. The molecule has 5 nitrogen and oxygen atoms in total. The second kappa shape index (κ2) is 13.1. The van der Waals surface area contributed by atoms with Crippen molar-refractivity contribution in [2.75, 3.05) is 39.3 Å². The predicted octanol–water partition coefficient (Wildman–Crippen LogP) is 7.40. The number of carbonyl (C=O) groups excluding carboxylic acids is 1. The lowest BCUT2D eigenvalue weighted by molar-refractivity contribution is -0.143. The van der Waals surface area contributed by atoms with Crippen molar-refractivity contribution in [3.05, 3.63) is 105 Å². The molecule has 0 radical (unpaired) electrons. The number of hydrogen-bond donors (Lipinski definition) is 1. The number of halogens is 8. The molecule has 3 aromatic carbocycles. The van der Waals surface area contributed by atoms with Crippen molar-refractivity contribution in [3.63, 3.8) is 0 Å². The number of benzene rings is 3. The first-order chi connectivity index (χ1) is 21.1. The zero-order valence-corrected chi connectivity index (χ0v) is 25.5. The summed E-state index contributed by atoms with van der Waals surface area (Å²) in [5.41, 5.74) is -2.39. The molecule has 45 heavy (non-hydrogen) atoms. The van der Waals surface area contributed by atoms with E-state index in [1.165, 1.54) is 0 Å². The van der Waals surface area contributed by atoms with Crippen molar-refractivity contribution >= 4 is 29.1 Å². The van der Waals surface area contributed by atoms with Crippen LogP contribution in [0.4, 0.5) is 26.3 Å². The molecule has 0 aromatic heterocycles. The number of hydrogen-bond acceptors (Lipinski definition) is 4. The molecule has 3 aromatic rings. The highest BCUT2D eigenvalue weighted by Gasteiger charge is 2.39. The van der Waals surface area contributed by atoms with Crippen LogP contribution >= 0.6 is 23.2 Å². The van der Waals surface area contributed by atoms with Crippen molar-refractivity contribution in [2.45, 2.75) is 43.4 Å². The van der Waals surface area contributed by atoms with Gasteiger partial charge >= 0.3 is 12.4 Å². The molecule has 0 bridgehead atoms. The van der Waals surface area contributed by atoms with E-state index >= 15 is 0 Å². The Hall–Kier alpha value is -2.83. The SMILES string of the molecule is O=C(CN1CCC(O)(c2ccccc2)CC1)N1CCN(Cc2cc(C(F)(F)F)cc(C(F)(F)F)c2)CC1c1ccc(Cl)c(Cl)c1. The maximum Gasteiger partial charge on any atom is 0.416 e. The van der Waals surface area contributed by atoms with E-state index in [0.717, 1.165) is 17.7 Å². The summed E-state index contributed by atoms with van der Waals surface area (Å²) in [7, 11) is 0. The quantitative estimate of drug-likeness (QED) is 0.277. The van der Waals surface area contributed by atoms with Crippen LogP contribution in [0.1, 0.15) is 46.7 Å². The number of alkyl halides is 6. The summed E-state index contributed by atoms with van der Waals surface area (Å²) < 4.78 is 80.8. The molecule has 0 saturated carbocycles. The third-order valence-electron chi connectivity index (χ3n) is 8.52. The predicted molar refractivity (Wildman–Crippen MR) is 159 cm³/mol. The summed E-state index contributed by atoms with van der Waals surface area (Å²) in [6.45, 7) is 1.46. The lowest BCUT2D eigenvalue weighted by atomic mass is 9.84. The largest absolute Gasteiger partial charge is 0.416 e. The van der Waals surface area contributed by atoms with E-state index in [2.05, 4.69) is 0 Å². The zero-order chi connectivity index (χ0) is 32.6. The van der Waals surface area contributed by atoms with Gasteiger partial charge in [0, 0.05) is 39.3 Å². The fourth-order valence-electron chi connectivity index (χ4n) is 6.06. The number of nitrogens with zero attached hydrogens (tertiary/aromatic N) is 3. The molecule has 0 spiro atoms. The van der Waals surface area contributed by atoms with Gasteiger partial charge in [0.25, 0.3) is 0 Å². The molecule has 242 valence electrons. The Morgan fingerprint density at radius 1 is 0.800 bits per heavy atom. The van der Waals surface area contributed by atoms with Crippen molar-refractivity contribution in [1.82, 2.24) is 14.7 Å². The summed E-state index contributed by atoms with van der Waals surface area (Å²) in [5, 5.41) is 11.7. The summed E-state index contributed by atoms with van der Waals surface area (Å²) >= 11 is 12.4. The molecule has 13 heteroatoms. The Balaban J connectivity index is 1.33. The maximum atomic E-state index is 13.7. The minimum absolute atomic E-state index is 0.0886. The number of piperidine rings is 1. The molecular formula is C32H31Cl2F6N3O2. The minimum Gasteiger partial charge on any atom is -0.385 e. The van der Waals surface area contributed by atoms with E-state index in [4.69, 9.17) is 23.2 Å². The first-order valence-electron chi connectivity index (χ1n) is 14.4. The molecule has 2 heterocycles. The lowest BCUT2D eigenvalue weighted by Gasteiger charge is -2.43. The van der Waals surface area contributed by atoms with E-state index in [1.807, 2.05) is 35.2 Å². The normalized spacial score (nSPS) is 19.9. The zero-order valence-electron chi connectivity index (χ0n) is 24.0. The van der Waals surface area contributed by atoms with Crippen LogP contribution in [-0.4, -0.2) is 65.0 Å². The second-order valence-corrected chi connectivity index (χ2v) is 12.4. The highest BCUT2D eigenvalue weighted by molar-refractivity contribution is 6.42. The topological polar surface area (TPSA) is 47.0 Å². The molecule has 1 N–H and O–H groups in total. The summed E-state index contributed by atoms with van der Waals surface area (Å²) in [4.78, 5) is 19.1. The van der Waals surface area contributed by atoms with E-state index < -0.39 is 35.1 Å². The van der Waals surface area contributed by atoms with E-state index in [-0.39, 0.29) is 55.3 Å². The summed E-state index contributed by atoms with van der Waals surface area (Å²) in [5.74, 6) is -0.186. The Labute approximate surface area is 266 Å². The molecular weight excluding hydrogens is 643 g/mol. The maximum absolute atomic E-state index is 13.7. The van der Waals surface area contributed by atoms with Crippen molar-refractivity contribution in [1.29, 1.82) is 0 Å². The van der Waals surface area contributed by atoms with Crippen LogP contribution in [0.25, 0.3) is 0 Å². The second-order valence-electron chi connectivity index (χ2n) is 11.6. The van der Waals surface area contributed by atoms with E-state index in [9.17, 15) is 36.2 Å². The van der Waals surface area contributed by atoms with Crippen LogP contribution < -0.4 is 0 Å². The number of amides is 1. The summed E-state index contributed by atoms with van der Waals surface area (Å²) in [6.07, 6.45) is -9.00.